The van der Waals surface area contributed by atoms with E-state index in [0.717, 1.165) is 23.1 Å². The number of fused-ring (bicyclic) bond motifs is 1. The van der Waals surface area contributed by atoms with Crippen molar-refractivity contribution in [1.29, 1.82) is 0 Å². The highest BCUT2D eigenvalue weighted by Crippen LogP contribution is 2.39. The van der Waals surface area contributed by atoms with Gasteiger partial charge in [0.15, 0.2) is 6.29 Å². The van der Waals surface area contributed by atoms with Crippen molar-refractivity contribution in [2.75, 3.05) is 7.11 Å². The zero-order chi connectivity index (χ0) is 15.7. The quantitative estimate of drug-likeness (QED) is 0.607. The predicted molar refractivity (Wildman–Crippen MR) is 90.2 cm³/mol. The van der Waals surface area contributed by atoms with Crippen molar-refractivity contribution in [3.8, 4) is 0 Å². The second-order valence-electron chi connectivity index (χ2n) is 6.17. The van der Waals surface area contributed by atoms with Crippen LogP contribution in [0, 0.1) is 0 Å². The summed E-state index contributed by atoms with van der Waals surface area (Å²) >= 11 is 0. The first kappa shape index (κ1) is 14.9. The lowest BCUT2D eigenvalue weighted by atomic mass is 9.82. The van der Waals surface area contributed by atoms with Crippen LogP contribution in [0.3, 0.4) is 0 Å². The molecule has 0 aliphatic heterocycles. The number of hydrogen-bond acceptors (Lipinski definition) is 2. The van der Waals surface area contributed by atoms with Gasteiger partial charge in [0.25, 0.3) is 0 Å². The van der Waals surface area contributed by atoms with E-state index >= 15 is 0 Å². The van der Waals surface area contributed by atoms with Crippen LogP contribution in [0.25, 0.3) is 16.7 Å². The molecule has 1 aromatic heterocycles. The number of aryl methyl sites for hydroxylation is 1. The van der Waals surface area contributed by atoms with Crippen LogP contribution in [0.15, 0.2) is 24.8 Å². The molecule has 0 N–H and O–H groups in total. The van der Waals surface area contributed by atoms with E-state index in [1.54, 1.807) is 7.11 Å². The highest BCUT2D eigenvalue weighted by molar-refractivity contribution is 5.95. The zero-order valence-electron chi connectivity index (χ0n) is 13.4. The number of methoxy groups -OCH3 is 1. The highest BCUT2D eigenvalue weighted by Gasteiger charge is 2.24. The molecule has 1 saturated carbocycles. The Hall–Kier alpha value is -2.03. The Balaban J connectivity index is 2.18. The molecule has 0 bridgehead atoms. The van der Waals surface area contributed by atoms with Crippen LogP contribution in [0.1, 0.15) is 59.6 Å². The lowest BCUT2D eigenvalue weighted by molar-refractivity contribution is 0.111. The summed E-state index contributed by atoms with van der Waals surface area (Å²) in [6.07, 6.45) is 7.22. The summed E-state index contributed by atoms with van der Waals surface area (Å²) < 4.78 is 7.24. The minimum atomic E-state index is 0.508. The lowest BCUT2D eigenvalue weighted by Crippen LogP contribution is -2.07. The Labute approximate surface area is 131 Å². The average Bonchev–Trinajstić information content (AvgIpc) is 2.86. The summed E-state index contributed by atoms with van der Waals surface area (Å²) in [6.45, 7) is 3.92. The van der Waals surface area contributed by atoms with Gasteiger partial charge < -0.3 is 9.30 Å². The van der Waals surface area contributed by atoms with E-state index in [1.807, 2.05) is 17.7 Å². The van der Waals surface area contributed by atoms with Crippen molar-refractivity contribution in [2.24, 2.45) is 7.05 Å². The van der Waals surface area contributed by atoms with Crippen LogP contribution >= 0.6 is 0 Å². The summed E-state index contributed by atoms with van der Waals surface area (Å²) in [5.41, 5.74) is 4.10. The molecule has 1 aliphatic rings. The number of carbonyl (C=O) groups is 1. The number of aromatic nitrogens is 1. The maximum Gasteiger partial charge on any atom is 0.166 e. The predicted octanol–water partition coefficient (Wildman–Crippen LogP) is 4.66. The normalized spacial score (nSPS) is 15.9. The van der Waals surface area contributed by atoms with Gasteiger partial charge in [0.1, 0.15) is 5.76 Å². The second kappa shape index (κ2) is 5.99. The number of hydrogen-bond donors (Lipinski definition) is 0. The molecule has 0 unspecified atom stereocenters. The van der Waals surface area contributed by atoms with Gasteiger partial charge in [0.05, 0.1) is 12.8 Å². The topological polar surface area (TPSA) is 31.2 Å². The summed E-state index contributed by atoms with van der Waals surface area (Å²) in [7, 11) is 3.60. The average molecular weight is 297 g/mol. The number of ether oxygens (including phenoxy) is 1. The number of nitrogens with zero attached hydrogens (tertiary/aromatic N) is 1. The number of carbonyl (C=O) groups excluding carboxylic acids is 1. The molecule has 0 atom stereocenters. The van der Waals surface area contributed by atoms with E-state index in [2.05, 4.69) is 18.7 Å². The van der Waals surface area contributed by atoms with Crippen LogP contribution < -0.4 is 0 Å². The molecule has 2 aromatic rings. The summed E-state index contributed by atoms with van der Waals surface area (Å²) in [4.78, 5) is 11.7. The molecule has 0 amide bonds. The Morgan fingerprint density at radius 1 is 1.32 bits per heavy atom. The minimum Gasteiger partial charge on any atom is -0.497 e. The summed E-state index contributed by atoms with van der Waals surface area (Å²) in [5, 5.41) is 1.20. The van der Waals surface area contributed by atoms with Crippen molar-refractivity contribution >= 4 is 22.9 Å². The fourth-order valence-corrected chi connectivity index (χ4v) is 3.74. The van der Waals surface area contributed by atoms with Crippen molar-refractivity contribution < 1.29 is 9.53 Å². The van der Waals surface area contributed by atoms with Gasteiger partial charge in [-0.3, -0.25) is 4.79 Å². The Morgan fingerprint density at radius 2 is 2.05 bits per heavy atom. The number of rotatable bonds is 4. The molecule has 1 aliphatic carbocycles. The first-order valence-electron chi connectivity index (χ1n) is 7.98. The molecule has 22 heavy (non-hydrogen) atoms. The van der Waals surface area contributed by atoms with E-state index in [4.69, 9.17) is 4.74 Å². The molecule has 0 spiro atoms. The smallest absolute Gasteiger partial charge is 0.166 e. The van der Waals surface area contributed by atoms with Crippen LogP contribution in [-0.4, -0.2) is 18.0 Å². The maximum absolute atomic E-state index is 11.7. The van der Waals surface area contributed by atoms with Gasteiger partial charge in [-0.15, -0.1) is 0 Å². The summed E-state index contributed by atoms with van der Waals surface area (Å²) in [6, 6.07) is 6.22. The van der Waals surface area contributed by atoms with Gasteiger partial charge in [-0.1, -0.05) is 38.0 Å². The van der Waals surface area contributed by atoms with Gasteiger partial charge in [0, 0.05) is 23.5 Å². The first-order valence-corrected chi connectivity index (χ1v) is 7.98. The fourth-order valence-electron chi connectivity index (χ4n) is 3.74. The second-order valence-corrected chi connectivity index (χ2v) is 6.17. The molecular formula is C19H23NO2. The molecule has 0 radical (unpaired) electrons. The Bertz CT molecular complexity index is 721. The van der Waals surface area contributed by atoms with Crippen molar-refractivity contribution in [2.45, 2.75) is 38.0 Å². The van der Waals surface area contributed by atoms with Gasteiger partial charge in [-0.25, -0.2) is 0 Å². The maximum atomic E-state index is 11.7. The SMILES string of the molecule is C=C(OC)c1ccc2c(C3CCCCC3)c(C=O)n(C)c2c1. The van der Waals surface area contributed by atoms with Gasteiger partial charge in [-0.2, -0.15) is 0 Å². The van der Waals surface area contributed by atoms with E-state index < -0.39 is 0 Å². The first-order chi connectivity index (χ1) is 10.7. The van der Waals surface area contributed by atoms with Crippen LogP contribution in [-0.2, 0) is 11.8 Å². The Morgan fingerprint density at radius 3 is 2.68 bits per heavy atom. The van der Waals surface area contributed by atoms with Gasteiger partial charge >= 0.3 is 0 Å². The van der Waals surface area contributed by atoms with E-state index in [9.17, 15) is 4.79 Å². The van der Waals surface area contributed by atoms with Gasteiger partial charge in [0.2, 0.25) is 0 Å². The number of benzene rings is 1. The number of aldehydes is 1. The molecule has 0 saturated heterocycles. The molecule has 116 valence electrons. The van der Waals surface area contributed by atoms with Crippen LogP contribution in [0.5, 0.6) is 0 Å². The fraction of sp³-hybridized carbons (Fsp3) is 0.421. The zero-order valence-corrected chi connectivity index (χ0v) is 13.4. The summed E-state index contributed by atoms with van der Waals surface area (Å²) in [5.74, 6) is 1.16. The van der Waals surface area contributed by atoms with Crippen molar-refractivity contribution in [3.05, 3.63) is 41.6 Å². The van der Waals surface area contributed by atoms with Gasteiger partial charge in [-0.05, 0) is 30.4 Å². The molecule has 3 nitrogen and oxygen atoms in total. The minimum absolute atomic E-state index is 0.508. The van der Waals surface area contributed by atoms with E-state index in [0.29, 0.717) is 11.7 Å². The molecule has 1 aromatic carbocycles. The molecular weight excluding hydrogens is 274 g/mol. The van der Waals surface area contributed by atoms with Crippen LogP contribution in [0.4, 0.5) is 0 Å². The van der Waals surface area contributed by atoms with Crippen LogP contribution in [0.2, 0.25) is 0 Å². The monoisotopic (exact) mass is 297 g/mol. The third-order valence-corrected chi connectivity index (χ3v) is 4.98. The van der Waals surface area contributed by atoms with E-state index in [-0.39, 0.29) is 0 Å². The lowest BCUT2D eigenvalue weighted by Gasteiger charge is -2.22. The largest absolute Gasteiger partial charge is 0.497 e. The molecule has 1 heterocycles. The standard InChI is InChI=1S/C19H23NO2/c1-13(22-3)15-9-10-16-17(11-15)20(2)18(12-21)19(16)14-7-5-4-6-8-14/h9-12,14H,1,4-8H2,2-3H3. The Kier molecular flexibility index (Phi) is 4.06. The van der Waals surface area contributed by atoms with Crippen molar-refractivity contribution in [1.82, 2.24) is 4.57 Å². The van der Waals surface area contributed by atoms with E-state index in [1.165, 1.54) is 43.1 Å². The third kappa shape index (κ3) is 2.35. The molecule has 3 rings (SSSR count). The highest BCUT2D eigenvalue weighted by atomic mass is 16.5. The molecule has 1 fully saturated rings. The van der Waals surface area contributed by atoms with Crippen molar-refractivity contribution in [3.63, 3.8) is 0 Å². The molecule has 3 heteroatoms. The third-order valence-electron chi connectivity index (χ3n) is 4.98.